The average molecular weight is 312 g/mol. The Bertz CT molecular complexity index is 323. The maximum Gasteiger partial charge on any atom is 0.128 e. The Morgan fingerprint density at radius 3 is 2.69 bits per heavy atom. The van der Waals surface area contributed by atoms with E-state index < -0.39 is 0 Å². The van der Waals surface area contributed by atoms with Crippen molar-refractivity contribution in [2.24, 2.45) is 5.73 Å². The molecule has 0 aliphatic heterocycles. The molecule has 5 heteroatoms. The van der Waals surface area contributed by atoms with Gasteiger partial charge >= 0.3 is 0 Å². The van der Waals surface area contributed by atoms with Crippen LogP contribution >= 0.6 is 28.3 Å². The first-order valence-electron chi connectivity index (χ1n) is 4.96. The molecule has 0 heterocycles. The van der Waals surface area contributed by atoms with E-state index in [-0.39, 0.29) is 18.2 Å². The van der Waals surface area contributed by atoms with Crippen molar-refractivity contribution in [1.82, 2.24) is 4.90 Å². The van der Waals surface area contributed by atoms with E-state index in [1.807, 2.05) is 13.1 Å². The molecular formula is C11H17BrClFN2. The van der Waals surface area contributed by atoms with Gasteiger partial charge in [0.2, 0.25) is 0 Å². The second kappa shape index (κ2) is 8.01. The molecule has 0 aliphatic carbocycles. The predicted octanol–water partition coefficient (Wildman–Crippen LogP) is 2.79. The molecule has 0 aromatic heterocycles. The Morgan fingerprint density at radius 1 is 1.44 bits per heavy atom. The van der Waals surface area contributed by atoms with Crippen molar-refractivity contribution in [3.63, 3.8) is 0 Å². The smallest absolute Gasteiger partial charge is 0.128 e. The zero-order valence-corrected chi connectivity index (χ0v) is 11.7. The van der Waals surface area contributed by atoms with E-state index in [1.54, 1.807) is 6.07 Å². The molecule has 0 radical (unpaired) electrons. The van der Waals surface area contributed by atoms with Crippen molar-refractivity contribution in [2.45, 2.75) is 13.0 Å². The van der Waals surface area contributed by atoms with Crippen LogP contribution in [0.2, 0.25) is 0 Å². The van der Waals surface area contributed by atoms with E-state index in [1.165, 1.54) is 6.07 Å². The van der Waals surface area contributed by atoms with Gasteiger partial charge in [-0.25, -0.2) is 4.39 Å². The summed E-state index contributed by atoms with van der Waals surface area (Å²) in [6.07, 6.45) is 0.939. The predicted molar refractivity (Wildman–Crippen MR) is 71.4 cm³/mol. The summed E-state index contributed by atoms with van der Waals surface area (Å²) in [6, 6.07) is 5.15. The fourth-order valence-corrected chi connectivity index (χ4v) is 1.71. The molecule has 1 aromatic rings. The second-order valence-electron chi connectivity index (χ2n) is 3.62. The minimum Gasteiger partial charge on any atom is -0.330 e. The fourth-order valence-electron chi connectivity index (χ4n) is 1.38. The highest BCUT2D eigenvalue weighted by Gasteiger charge is 2.05. The number of hydrogen-bond acceptors (Lipinski definition) is 2. The summed E-state index contributed by atoms with van der Waals surface area (Å²) < 4.78 is 14.2. The van der Waals surface area contributed by atoms with Gasteiger partial charge in [-0.3, -0.25) is 0 Å². The van der Waals surface area contributed by atoms with E-state index in [0.717, 1.165) is 23.0 Å². The third kappa shape index (κ3) is 5.25. The number of nitrogens with zero attached hydrogens (tertiary/aromatic N) is 1. The molecule has 1 aromatic carbocycles. The van der Waals surface area contributed by atoms with Gasteiger partial charge in [0.15, 0.2) is 0 Å². The molecule has 16 heavy (non-hydrogen) atoms. The molecule has 0 saturated carbocycles. The van der Waals surface area contributed by atoms with E-state index in [9.17, 15) is 4.39 Å². The van der Waals surface area contributed by atoms with Gasteiger partial charge in [0.25, 0.3) is 0 Å². The Morgan fingerprint density at radius 2 is 2.12 bits per heavy atom. The van der Waals surface area contributed by atoms with Gasteiger partial charge < -0.3 is 10.6 Å². The SMILES string of the molecule is CN(CCCN)Cc1ccc(Br)cc1F.Cl. The van der Waals surface area contributed by atoms with Crippen LogP contribution in [-0.2, 0) is 6.54 Å². The Labute approximate surface area is 111 Å². The third-order valence-corrected chi connectivity index (χ3v) is 2.69. The van der Waals surface area contributed by atoms with Crippen LogP contribution in [0.4, 0.5) is 4.39 Å². The molecule has 0 fully saturated rings. The van der Waals surface area contributed by atoms with Crippen LogP contribution in [-0.4, -0.2) is 25.0 Å². The minimum atomic E-state index is -0.163. The summed E-state index contributed by atoms with van der Waals surface area (Å²) in [4.78, 5) is 2.07. The lowest BCUT2D eigenvalue weighted by Crippen LogP contribution is -2.21. The average Bonchev–Trinajstić information content (AvgIpc) is 2.19. The second-order valence-corrected chi connectivity index (χ2v) is 4.53. The summed E-state index contributed by atoms with van der Waals surface area (Å²) in [6.45, 7) is 2.19. The standard InChI is InChI=1S/C11H16BrFN2.ClH/c1-15(6-2-5-14)8-9-3-4-10(12)7-11(9)13;/h3-4,7H,2,5-6,8,14H2,1H3;1H. The van der Waals surface area contributed by atoms with E-state index in [2.05, 4.69) is 20.8 Å². The first kappa shape index (κ1) is 15.8. The maximum absolute atomic E-state index is 13.5. The van der Waals surface area contributed by atoms with Gasteiger partial charge in [0, 0.05) is 16.6 Å². The van der Waals surface area contributed by atoms with Crippen LogP contribution in [0.3, 0.4) is 0 Å². The van der Waals surface area contributed by atoms with Crippen LogP contribution in [0, 0.1) is 5.82 Å². The quantitative estimate of drug-likeness (QED) is 0.906. The monoisotopic (exact) mass is 310 g/mol. The number of nitrogens with two attached hydrogens (primary N) is 1. The summed E-state index contributed by atoms with van der Waals surface area (Å²) >= 11 is 3.23. The highest BCUT2D eigenvalue weighted by Crippen LogP contribution is 2.16. The molecule has 1 rings (SSSR count). The van der Waals surface area contributed by atoms with Crippen molar-refractivity contribution < 1.29 is 4.39 Å². The molecule has 0 atom stereocenters. The van der Waals surface area contributed by atoms with E-state index >= 15 is 0 Å². The van der Waals surface area contributed by atoms with Crippen molar-refractivity contribution in [3.8, 4) is 0 Å². The van der Waals surface area contributed by atoms with Gasteiger partial charge in [-0.05, 0) is 38.7 Å². The molecule has 0 unspecified atom stereocenters. The molecule has 0 saturated heterocycles. The van der Waals surface area contributed by atoms with Crippen LogP contribution in [0.5, 0.6) is 0 Å². The van der Waals surface area contributed by atoms with E-state index in [4.69, 9.17) is 5.73 Å². The lowest BCUT2D eigenvalue weighted by Gasteiger charge is -2.16. The lowest BCUT2D eigenvalue weighted by molar-refractivity contribution is 0.318. The molecule has 2 nitrogen and oxygen atoms in total. The normalized spacial score (nSPS) is 10.3. The van der Waals surface area contributed by atoms with Crippen molar-refractivity contribution in [2.75, 3.05) is 20.1 Å². The molecule has 0 spiro atoms. The first-order valence-corrected chi connectivity index (χ1v) is 5.75. The lowest BCUT2D eigenvalue weighted by atomic mass is 10.2. The van der Waals surface area contributed by atoms with Crippen molar-refractivity contribution >= 4 is 28.3 Å². The van der Waals surface area contributed by atoms with Gasteiger partial charge in [-0.15, -0.1) is 12.4 Å². The van der Waals surface area contributed by atoms with Gasteiger partial charge in [-0.2, -0.15) is 0 Å². The topological polar surface area (TPSA) is 29.3 Å². The fraction of sp³-hybridized carbons (Fsp3) is 0.455. The van der Waals surface area contributed by atoms with Gasteiger partial charge in [-0.1, -0.05) is 22.0 Å². The number of hydrogen-bond donors (Lipinski definition) is 1. The highest BCUT2D eigenvalue weighted by molar-refractivity contribution is 9.10. The third-order valence-electron chi connectivity index (χ3n) is 2.20. The van der Waals surface area contributed by atoms with E-state index in [0.29, 0.717) is 13.1 Å². The van der Waals surface area contributed by atoms with Gasteiger partial charge in [0.05, 0.1) is 0 Å². The van der Waals surface area contributed by atoms with Gasteiger partial charge in [0.1, 0.15) is 5.82 Å². The molecule has 0 amide bonds. The van der Waals surface area contributed by atoms with Crippen LogP contribution in [0.1, 0.15) is 12.0 Å². The number of benzene rings is 1. The van der Waals surface area contributed by atoms with Crippen LogP contribution in [0.15, 0.2) is 22.7 Å². The van der Waals surface area contributed by atoms with Crippen molar-refractivity contribution in [3.05, 3.63) is 34.1 Å². The summed E-state index contributed by atoms with van der Waals surface area (Å²) in [5.74, 6) is -0.163. The molecule has 0 aliphatic rings. The molecular weight excluding hydrogens is 294 g/mol. The zero-order chi connectivity index (χ0) is 11.3. The van der Waals surface area contributed by atoms with Crippen LogP contribution in [0.25, 0.3) is 0 Å². The number of rotatable bonds is 5. The largest absolute Gasteiger partial charge is 0.330 e. The minimum absolute atomic E-state index is 0. The highest BCUT2D eigenvalue weighted by atomic mass is 79.9. The van der Waals surface area contributed by atoms with Crippen molar-refractivity contribution in [1.29, 1.82) is 0 Å². The number of halogens is 3. The Kier molecular flexibility index (Phi) is 7.93. The molecule has 92 valence electrons. The summed E-state index contributed by atoms with van der Waals surface area (Å²) in [5.41, 5.74) is 6.13. The molecule has 0 bridgehead atoms. The summed E-state index contributed by atoms with van der Waals surface area (Å²) in [5, 5.41) is 0. The summed E-state index contributed by atoms with van der Waals surface area (Å²) in [7, 11) is 1.97. The Balaban J connectivity index is 0.00000225. The maximum atomic E-state index is 13.5. The van der Waals surface area contributed by atoms with Crippen LogP contribution < -0.4 is 5.73 Å². The molecule has 2 N–H and O–H groups in total. The zero-order valence-electron chi connectivity index (χ0n) is 9.25. The Hall–Kier alpha value is -0.160. The first-order chi connectivity index (χ1) is 7.13.